The highest BCUT2D eigenvalue weighted by Crippen LogP contribution is 2.44. The number of amides is 2. The molecule has 1 saturated carbocycles. The van der Waals surface area contributed by atoms with Crippen LogP contribution < -0.4 is 5.32 Å². The third kappa shape index (κ3) is 4.37. The summed E-state index contributed by atoms with van der Waals surface area (Å²) in [5.41, 5.74) is 4.62. The number of aliphatic hydroxyl groups is 1. The van der Waals surface area contributed by atoms with Gasteiger partial charge in [-0.1, -0.05) is 48.5 Å². The molecule has 3 N–H and O–H groups in total. The van der Waals surface area contributed by atoms with Gasteiger partial charge in [-0.2, -0.15) is 0 Å². The normalized spacial score (nSPS) is 25.3. The number of piperidine rings is 1. The van der Waals surface area contributed by atoms with Crippen molar-refractivity contribution < 1.29 is 29.3 Å². The number of nitrogens with zero attached hydrogens (tertiary/aromatic N) is 1. The van der Waals surface area contributed by atoms with Gasteiger partial charge in [-0.05, 0) is 41.0 Å². The van der Waals surface area contributed by atoms with Crippen molar-refractivity contribution in [1.29, 1.82) is 0 Å². The number of benzene rings is 2. The molecule has 0 radical (unpaired) electrons. The van der Waals surface area contributed by atoms with Crippen LogP contribution in [0.5, 0.6) is 0 Å². The van der Waals surface area contributed by atoms with Crippen molar-refractivity contribution in [3.8, 4) is 11.1 Å². The smallest absolute Gasteiger partial charge is 0.407 e. The fourth-order valence-electron chi connectivity index (χ4n) is 5.31. The molecule has 1 aliphatic heterocycles. The fraction of sp³-hybridized carbons (Fsp3) is 0.423. The van der Waals surface area contributed by atoms with E-state index in [4.69, 9.17) is 4.74 Å². The van der Waals surface area contributed by atoms with Crippen LogP contribution >= 0.6 is 0 Å². The molecule has 0 aromatic heterocycles. The Labute approximate surface area is 197 Å². The molecule has 0 bridgehead atoms. The molecule has 5 rings (SSSR count). The number of fused-ring (bicyclic) bond motifs is 3. The molecule has 4 atom stereocenters. The van der Waals surface area contributed by atoms with E-state index in [2.05, 4.69) is 29.6 Å². The zero-order valence-corrected chi connectivity index (χ0v) is 18.7. The monoisotopic (exact) mass is 464 g/mol. The SMILES string of the molecule is O=C(NC[C@H]1C[C@H]1C(=O)N1CC(O)CC(C(=O)O)C1)OCC1c2ccccc2-c2ccccc21. The summed E-state index contributed by atoms with van der Waals surface area (Å²) >= 11 is 0. The summed E-state index contributed by atoms with van der Waals surface area (Å²) in [6, 6.07) is 16.3. The standard InChI is InChI=1S/C26H28N2O6/c29-17-9-16(25(31)32)12-28(13-17)24(30)22-10-15(22)11-27-26(33)34-14-23-20-7-3-1-5-18(20)19-6-2-4-8-21(19)23/h1-8,15-17,22-23,29H,9-14H2,(H,27,33)(H,31,32)/t15-,16?,17?,22-/m1/s1. The molecule has 34 heavy (non-hydrogen) atoms. The van der Waals surface area contributed by atoms with Gasteiger partial charge in [0.25, 0.3) is 0 Å². The molecular formula is C26H28N2O6. The number of likely N-dealkylation sites (tertiary alicyclic amines) is 1. The molecule has 2 aromatic carbocycles. The van der Waals surface area contributed by atoms with Crippen LogP contribution in [-0.4, -0.2) is 65.4 Å². The zero-order valence-electron chi connectivity index (χ0n) is 18.7. The lowest BCUT2D eigenvalue weighted by molar-refractivity contribution is -0.149. The number of carbonyl (C=O) groups is 3. The maximum absolute atomic E-state index is 12.7. The van der Waals surface area contributed by atoms with E-state index in [9.17, 15) is 24.6 Å². The van der Waals surface area contributed by atoms with Crippen LogP contribution in [0.25, 0.3) is 11.1 Å². The number of hydrogen-bond donors (Lipinski definition) is 3. The molecule has 3 aliphatic rings. The average molecular weight is 465 g/mol. The van der Waals surface area contributed by atoms with E-state index < -0.39 is 24.1 Å². The Morgan fingerprint density at radius 3 is 2.26 bits per heavy atom. The first-order valence-electron chi connectivity index (χ1n) is 11.7. The molecule has 1 saturated heterocycles. The highest BCUT2D eigenvalue weighted by molar-refractivity contribution is 5.83. The van der Waals surface area contributed by atoms with Gasteiger partial charge in [0.1, 0.15) is 6.61 Å². The molecular weight excluding hydrogens is 436 g/mol. The van der Waals surface area contributed by atoms with Crippen LogP contribution in [0.2, 0.25) is 0 Å². The van der Waals surface area contributed by atoms with E-state index in [1.807, 2.05) is 24.3 Å². The largest absolute Gasteiger partial charge is 0.481 e. The van der Waals surface area contributed by atoms with Crippen molar-refractivity contribution in [2.24, 2.45) is 17.8 Å². The van der Waals surface area contributed by atoms with Crippen LogP contribution in [0.1, 0.15) is 29.9 Å². The maximum Gasteiger partial charge on any atom is 0.407 e. The summed E-state index contributed by atoms with van der Waals surface area (Å²) in [5.74, 6) is -2.17. The lowest BCUT2D eigenvalue weighted by Gasteiger charge is -2.34. The van der Waals surface area contributed by atoms with Crippen LogP contribution in [0.3, 0.4) is 0 Å². The van der Waals surface area contributed by atoms with E-state index in [-0.39, 0.29) is 49.8 Å². The third-order valence-electron chi connectivity index (χ3n) is 7.18. The topological polar surface area (TPSA) is 116 Å². The predicted octanol–water partition coefficient (Wildman–Crippen LogP) is 2.46. The summed E-state index contributed by atoms with van der Waals surface area (Å²) < 4.78 is 5.54. The van der Waals surface area contributed by atoms with Crippen molar-refractivity contribution in [3.05, 3.63) is 59.7 Å². The van der Waals surface area contributed by atoms with Gasteiger partial charge in [0.2, 0.25) is 5.91 Å². The van der Waals surface area contributed by atoms with Crippen molar-refractivity contribution in [2.45, 2.75) is 24.9 Å². The number of nitrogens with one attached hydrogen (secondary N) is 1. The van der Waals surface area contributed by atoms with Crippen LogP contribution in [-0.2, 0) is 14.3 Å². The minimum absolute atomic E-state index is 0.00432. The van der Waals surface area contributed by atoms with Gasteiger partial charge in [-0.15, -0.1) is 0 Å². The van der Waals surface area contributed by atoms with Gasteiger partial charge in [0, 0.05) is 31.5 Å². The molecule has 2 aliphatic carbocycles. The van der Waals surface area contributed by atoms with Crippen LogP contribution in [0.4, 0.5) is 4.79 Å². The number of rotatable bonds is 6. The molecule has 2 unspecified atom stereocenters. The number of carboxylic acid groups (broad SMARTS) is 1. The molecule has 2 amide bonds. The average Bonchev–Trinajstić information content (AvgIpc) is 3.55. The van der Waals surface area contributed by atoms with Crippen molar-refractivity contribution in [2.75, 3.05) is 26.2 Å². The maximum atomic E-state index is 12.7. The number of ether oxygens (including phenoxy) is 1. The summed E-state index contributed by atoms with van der Waals surface area (Å²) in [6.45, 7) is 0.834. The number of hydrogen-bond acceptors (Lipinski definition) is 5. The Morgan fingerprint density at radius 2 is 1.62 bits per heavy atom. The number of carbonyl (C=O) groups excluding carboxylic acids is 2. The van der Waals surface area contributed by atoms with Gasteiger partial charge in [-0.25, -0.2) is 4.79 Å². The summed E-state index contributed by atoms with van der Waals surface area (Å²) in [7, 11) is 0. The molecule has 0 spiro atoms. The fourth-order valence-corrected chi connectivity index (χ4v) is 5.31. The van der Waals surface area contributed by atoms with Crippen molar-refractivity contribution in [3.63, 3.8) is 0 Å². The van der Waals surface area contributed by atoms with Crippen molar-refractivity contribution >= 4 is 18.0 Å². The molecule has 8 heteroatoms. The Morgan fingerprint density at radius 1 is 0.971 bits per heavy atom. The van der Waals surface area contributed by atoms with E-state index in [0.29, 0.717) is 13.0 Å². The number of aliphatic hydroxyl groups excluding tert-OH is 1. The molecule has 178 valence electrons. The Balaban J connectivity index is 1.11. The molecule has 8 nitrogen and oxygen atoms in total. The van der Waals surface area contributed by atoms with E-state index in [0.717, 1.165) is 11.1 Å². The Bertz CT molecular complexity index is 1070. The molecule has 2 fully saturated rings. The quantitative estimate of drug-likeness (QED) is 0.605. The van der Waals surface area contributed by atoms with Gasteiger partial charge in [0.05, 0.1) is 12.0 Å². The lowest BCUT2D eigenvalue weighted by atomic mass is 9.95. The zero-order chi connectivity index (χ0) is 23.8. The van der Waals surface area contributed by atoms with Crippen molar-refractivity contribution in [1.82, 2.24) is 10.2 Å². The van der Waals surface area contributed by atoms with E-state index in [1.165, 1.54) is 16.0 Å². The second kappa shape index (κ2) is 9.10. The second-order valence-electron chi connectivity index (χ2n) is 9.48. The summed E-state index contributed by atoms with van der Waals surface area (Å²) in [4.78, 5) is 37.8. The number of β-amino-alcohol motifs (C(OH)–C–C–N with tert-alkyl or cyclic N) is 1. The van der Waals surface area contributed by atoms with Crippen LogP contribution in [0, 0.1) is 17.8 Å². The first-order valence-corrected chi connectivity index (χ1v) is 11.7. The van der Waals surface area contributed by atoms with E-state index >= 15 is 0 Å². The van der Waals surface area contributed by atoms with Gasteiger partial charge in [0.15, 0.2) is 0 Å². The van der Waals surface area contributed by atoms with Crippen LogP contribution in [0.15, 0.2) is 48.5 Å². The first kappa shape index (κ1) is 22.4. The predicted molar refractivity (Wildman–Crippen MR) is 123 cm³/mol. The summed E-state index contributed by atoms with van der Waals surface area (Å²) in [5, 5.41) is 21.9. The van der Waals surface area contributed by atoms with Gasteiger partial charge >= 0.3 is 12.1 Å². The highest BCUT2D eigenvalue weighted by atomic mass is 16.5. The number of carboxylic acids is 1. The first-order chi connectivity index (χ1) is 16.4. The van der Waals surface area contributed by atoms with Gasteiger partial charge < -0.3 is 25.2 Å². The number of alkyl carbamates (subject to hydrolysis) is 1. The molecule has 2 aromatic rings. The summed E-state index contributed by atoms with van der Waals surface area (Å²) in [6.07, 6.45) is -0.544. The van der Waals surface area contributed by atoms with E-state index in [1.54, 1.807) is 0 Å². The third-order valence-corrected chi connectivity index (χ3v) is 7.18. The second-order valence-corrected chi connectivity index (χ2v) is 9.48. The number of aliphatic carboxylic acids is 1. The lowest BCUT2D eigenvalue weighted by Crippen LogP contribution is -2.49. The molecule has 1 heterocycles. The minimum Gasteiger partial charge on any atom is -0.481 e. The van der Waals surface area contributed by atoms with Gasteiger partial charge in [-0.3, -0.25) is 9.59 Å². The Kier molecular flexibility index (Phi) is 6.00. The Hall–Kier alpha value is -3.39. The minimum atomic E-state index is -0.999. The highest BCUT2D eigenvalue weighted by Gasteiger charge is 2.46.